The molecular weight excluding hydrogens is 398 g/mol. The molecule has 1 amide bonds. The lowest BCUT2D eigenvalue weighted by Crippen LogP contribution is -2.44. The number of alkyl carbamates (subject to hydrolysis) is 1. The Labute approximate surface area is 180 Å². The third-order valence-corrected chi connectivity index (χ3v) is 4.45. The number of benzene rings is 1. The number of carboxylic acid groups (broad SMARTS) is 1. The van der Waals surface area contributed by atoms with Gasteiger partial charge < -0.3 is 15.2 Å². The topological polar surface area (TPSA) is 111 Å². The monoisotopic (exact) mass is 425 g/mol. The average Bonchev–Trinajstić information content (AvgIpc) is 3.33. The normalized spacial score (nSPS) is 12.4. The highest BCUT2D eigenvalue weighted by Crippen LogP contribution is 2.25. The summed E-state index contributed by atoms with van der Waals surface area (Å²) in [6.45, 7) is 7.83. The molecule has 9 nitrogen and oxygen atoms in total. The lowest BCUT2D eigenvalue weighted by Gasteiger charge is -2.22. The molecule has 1 unspecified atom stereocenters. The molecule has 2 heterocycles. The van der Waals surface area contributed by atoms with Crippen LogP contribution in [0.25, 0.3) is 16.9 Å². The summed E-state index contributed by atoms with van der Waals surface area (Å²) in [6.07, 6.45) is 4.59. The highest BCUT2D eigenvalue weighted by Gasteiger charge is 2.26. The summed E-state index contributed by atoms with van der Waals surface area (Å²) < 4.78 is 8.68. The van der Waals surface area contributed by atoms with E-state index in [-0.39, 0.29) is 6.42 Å². The molecule has 31 heavy (non-hydrogen) atoms. The zero-order valence-electron chi connectivity index (χ0n) is 18.1. The van der Waals surface area contributed by atoms with Crippen LogP contribution in [0.15, 0.2) is 48.9 Å². The molecule has 164 valence electrons. The number of carbonyl (C=O) groups excluding carboxylic acids is 1. The Morgan fingerprint density at radius 3 is 2.48 bits per heavy atom. The Morgan fingerprint density at radius 1 is 1.19 bits per heavy atom. The van der Waals surface area contributed by atoms with Crippen LogP contribution in [0.1, 0.15) is 33.3 Å². The van der Waals surface area contributed by atoms with Gasteiger partial charge in [-0.15, -0.1) is 0 Å². The first-order chi connectivity index (χ1) is 14.7. The van der Waals surface area contributed by atoms with E-state index in [2.05, 4.69) is 15.5 Å². The van der Waals surface area contributed by atoms with Gasteiger partial charge in [0.05, 0.1) is 17.6 Å². The number of aryl methyl sites for hydroxylation is 1. The Balaban J connectivity index is 1.94. The van der Waals surface area contributed by atoms with Crippen LogP contribution in [-0.4, -0.2) is 48.4 Å². The lowest BCUT2D eigenvalue weighted by atomic mass is 10.0. The Kier molecular flexibility index (Phi) is 6.43. The maximum Gasteiger partial charge on any atom is 0.408 e. The third-order valence-electron chi connectivity index (χ3n) is 4.45. The van der Waals surface area contributed by atoms with Crippen LogP contribution in [0.2, 0.25) is 0 Å². The molecule has 2 N–H and O–H groups in total. The number of aromatic nitrogens is 4. The van der Waals surface area contributed by atoms with Crippen LogP contribution in [-0.2, 0) is 22.5 Å². The third kappa shape index (κ3) is 5.71. The zero-order chi connectivity index (χ0) is 22.6. The molecule has 0 bridgehead atoms. The number of amides is 1. The fourth-order valence-electron chi connectivity index (χ4n) is 3.04. The molecule has 1 atom stereocenters. The molecule has 0 saturated carbocycles. The summed E-state index contributed by atoms with van der Waals surface area (Å²) >= 11 is 0. The van der Waals surface area contributed by atoms with Gasteiger partial charge in [-0.2, -0.15) is 10.2 Å². The Bertz CT molecular complexity index is 1050. The van der Waals surface area contributed by atoms with E-state index in [0.717, 1.165) is 11.3 Å². The minimum atomic E-state index is -1.18. The number of nitrogens with one attached hydrogen (secondary N) is 1. The molecule has 2 aromatic heterocycles. The maximum atomic E-state index is 12.2. The summed E-state index contributed by atoms with van der Waals surface area (Å²) in [6, 6.07) is 8.34. The maximum absolute atomic E-state index is 12.2. The smallest absolute Gasteiger partial charge is 0.408 e. The van der Waals surface area contributed by atoms with Crippen molar-refractivity contribution in [3.05, 3.63) is 54.5 Å². The van der Waals surface area contributed by atoms with Gasteiger partial charge in [0, 0.05) is 36.5 Å². The summed E-state index contributed by atoms with van der Waals surface area (Å²) in [4.78, 5) is 24.0. The van der Waals surface area contributed by atoms with Gasteiger partial charge in [-0.1, -0.05) is 18.2 Å². The molecule has 9 heteroatoms. The molecule has 0 saturated heterocycles. The highest BCUT2D eigenvalue weighted by atomic mass is 16.6. The summed E-state index contributed by atoms with van der Waals surface area (Å²) in [5.41, 5.74) is 2.16. The fourth-order valence-corrected chi connectivity index (χ4v) is 3.04. The number of aliphatic carboxylic acids is 1. The van der Waals surface area contributed by atoms with Crippen molar-refractivity contribution in [2.45, 2.75) is 52.3 Å². The second kappa shape index (κ2) is 9.03. The standard InChI is InChI=1S/C22H27N5O4/c1-5-26-13-16(12-23-26)19-15(14-27(25-19)17-9-7-6-8-10-17)11-18(20(28)29)24-21(30)31-22(2,3)4/h6-10,12-14,18H,5,11H2,1-4H3,(H,24,30)(H,28,29). The van der Waals surface area contributed by atoms with E-state index in [1.807, 2.05) is 43.5 Å². The van der Waals surface area contributed by atoms with Gasteiger partial charge in [-0.3, -0.25) is 4.68 Å². The number of ether oxygens (including phenoxy) is 1. The zero-order valence-corrected chi connectivity index (χ0v) is 18.1. The van der Waals surface area contributed by atoms with E-state index in [4.69, 9.17) is 4.74 Å². The predicted octanol–water partition coefficient (Wildman–Crippen LogP) is 3.28. The number of rotatable bonds is 7. The van der Waals surface area contributed by atoms with Gasteiger partial charge in [-0.25, -0.2) is 14.3 Å². The average molecular weight is 425 g/mol. The van der Waals surface area contributed by atoms with Crippen LogP contribution in [0.3, 0.4) is 0 Å². The molecule has 0 fully saturated rings. The molecule has 1 aromatic carbocycles. The first-order valence-electron chi connectivity index (χ1n) is 10.1. The van der Waals surface area contributed by atoms with Gasteiger partial charge >= 0.3 is 12.1 Å². The van der Waals surface area contributed by atoms with Gasteiger partial charge in [-0.05, 0) is 39.8 Å². The number of nitrogens with zero attached hydrogens (tertiary/aromatic N) is 4. The fraction of sp³-hybridized carbons (Fsp3) is 0.364. The summed E-state index contributed by atoms with van der Waals surface area (Å²) in [7, 11) is 0. The quantitative estimate of drug-likeness (QED) is 0.601. The second-order valence-electron chi connectivity index (χ2n) is 8.11. The van der Waals surface area contributed by atoms with Crippen molar-refractivity contribution in [2.24, 2.45) is 0 Å². The lowest BCUT2D eigenvalue weighted by molar-refractivity contribution is -0.139. The van der Waals surface area contributed by atoms with Gasteiger partial charge in [0.15, 0.2) is 0 Å². The van der Waals surface area contributed by atoms with Crippen molar-refractivity contribution in [1.29, 1.82) is 0 Å². The number of hydrogen-bond donors (Lipinski definition) is 2. The van der Waals surface area contributed by atoms with Crippen molar-refractivity contribution in [3.8, 4) is 16.9 Å². The van der Waals surface area contributed by atoms with Crippen molar-refractivity contribution in [2.75, 3.05) is 0 Å². The molecule has 0 aliphatic rings. The van der Waals surface area contributed by atoms with Crippen LogP contribution < -0.4 is 5.32 Å². The van der Waals surface area contributed by atoms with Crippen LogP contribution in [0.5, 0.6) is 0 Å². The minimum absolute atomic E-state index is 0.0358. The molecule has 3 aromatic rings. The van der Waals surface area contributed by atoms with Gasteiger partial charge in [0.25, 0.3) is 0 Å². The van der Waals surface area contributed by atoms with Gasteiger partial charge in [0.1, 0.15) is 11.6 Å². The SMILES string of the molecule is CCn1cc(-c2nn(-c3ccccc3)cc2CC(NC(=O)OC(C)(C)C)C(=O)O)cn1. The largest absolute Gasteiger partial charge is 0.480 e. The molecule has 3 rings (SSSR count). The van der Waals surface area contributed by atoms with E-state index >= 15 is 0 Å². The highest BCUT2D eigenvalue weighted by molar-refractivity contribution is 5.80. The van der Waals surface area contributed by atoms with E-state index in [9.17, 15) is 14.7 Å². The molecule has 0 spiro atoms. The molecule has 0 radical (unpaired) electrons. The minimum Gasteiger partial charge on any atom is -0.480 e. The first-order valence-corrected chi connectivity index (χ1v) is 10.1. The Hall–Kier alpha value is -3.62. The predicted molar refractivity (Wildman–Crippen MR) is 115 cm³/mol. The number of hydrogen-bond acceptors (Lipinski definition) is 5. The molecule has 0 aliphatic heterocycles. The van der Waals surface area contributed by atoms with E-state index < -0.39 is 23.7 Å². The number of carbonyl (C=O) groups is 2. The summed E-state index contributed by atoms with van der Waals surface area (Å²) in [5, 5.41) is 21.1. The number of carboxylic acids is 1. The van der Waals surface area contributed by atoms with E-state index in [0.29, 0.717) is 17.8 Å². The van der Waals surface area contributed by atoms with Crippen molar-refractivity contribution >= 4 is 12.1 Å². The molecule has 0 aliphatic carbocycles. The van der Waals surface area contributed by atoms with Crippen LogP contribution >= 0.6 is 0 Å². The molecular formula is C22H27N5O4. The number of para-hydroxylation sites is 1. The van der Waals surface area contributed by atoms with Crippen molar-refractivity contribution in [1.82, 2.24) is 24.9 Å². The van der Waals surface area contributed by atoms with Crippen molar-refractivity contribution in [3.63, 3.8) is 0 Å². The van der Waals surface area contributed by atoms with Crippen molar-refractivity contribution < 1.29 is 19.4 Å². The second-order valence-corrected chi connectivity index (χ2v) is 8.11. The van der Waals surface area contributed by atoms with E-state index in [1.54, 1.807) is 42.5 Å². The van der Waals surface area contributed by atoms with Gasteiger partial charge in [0.2, 0.25) is 0 Å². The summed E-state index contributed by atoms with van der Waals surface area (Å²) in [5.74, 6) is -1.16. The first kappa shape index (κ1) is 22.1. The van der Waals surface area contributed by atoms with Crippen LogP contribution in [0, 0.1) is 0 Å². The van der Waals surface area contributed by atoms with E-state index in [1.165, 1.54) is 0 Å². The Morgan fingerprint density at radius 2 is 1.90 bits per heavy atom. The van der Waals surface area contributed by atoms with Crippen LogP contribution in [0.4, 0.5) is 4.79 Å².